The lowest BCUT2D eigenvalue weighted by Gasteiger charge is -2.20. The van der Waals surface area contributed by atoms with Crippen molar-refractivity contribution >= 4 is 22.6 Å². The predicted octanol–water partition coefficient (Wildman–Crippen LogP) is 2.63. The first kappa shape index (κ1) is 15.9. The molecular weight excluding hydrogens is 332 g/mol. The van der Waals surface area contributed by atoms with Crippen LogP contribution in [0.1, 0.15) is 23.7 Å². The Balaban J connectivity index is 1.70. The molecule has 0 aliphatic rings. The second-order valence-electron chi connectivity index (χ2n) is 6.06. The molecule has 0 spiro atoms. The van der Waals surface area contributed by atoms with E-state index in [1.54, 1.807) is 17.2 Å². The number of anilines is 1. The smallest absolute Gasteiger partial charge is 0.266 e. The monoisotopic (exact) mass is 350 g/mol. The van der Waals surface area contributed by atoms with Crippen LogP contribution in [0, 0.1) is 0 Å². The van der Waals surface area contributed by atoms with Gasteiger partial charge in [0, 0.05) is 35.3 Å². The van der Waals surface area contributed by atoms with E-state index >= 15 is 0 Å². The van der Waals surface area contributed by atoms with Crippen molar-refractivity contribution in [1.29, 1.82) is 0 Å². The summed E-state index contributed by atoms with van der Waals surface area (Å²) in [7, 11) is 0. The SMILES string of the molecule is CCCN(C(=O)c1ccc2[nH]c(-c3ccn[nH]3)cc2c1)c1cc(=O)[nH][nH]1. The quantitative estimate of drug-likeness (QED) is 0.444. The van der Waals surface area contributed by atoms with Gasteiger partial charge in [0.05, 0.1) is 11.4 Å². The number of carbonyl (C=O) groups excluding carboxylic acids is 1. The second kappa shape index (κ2) is 6.40. The number of fused-ring (bicyclic) bond motifs is 1. The van der Waals surface area contributed by atoms with Gasteiger partial charge in [-0.15, -0.1) is 0 Å². The topological polar surface area (TPSA) is 113 Å². The van der Waals surface area contributed by atoms with Crippen molar-refractivity contribution in [3.8, 4) is 11.4 Å². The summed E-state index contributed by atoms with van der Waals surface area (Å²) in [6.45, 7) is 2.49. The molecule has 0 fully saturated rings. The van der Waals surface area contributed by atoms with Crippen LogP contribution in [0.25, 0.3) is 22.3 Å². The zero-order valence-corrected chi connectivity index (χ0v) is 14.2. The maximum Gasteiger partial charge on any atom is 0.266 e. The highest BCUT2D eigenvalue weighted by molar-refractivity contribution is 6.07. The molecule has 0 aliphatic carbocycles. The number of nitrogens with zero attached hydrogens (tertiary/aromatic N) is 2. The van der Waals surface area contributed by atoms with Gasteiger partial charge in [0.25, 0.3) is 11.5 Å². The van der Waals surface area contributed by atoms with E-state index in [4.69, 9.17) is 0 Å². The molecule has 0 saturated heterocycles. The minimum absolute atomic E-state index is 0.159. The molecule has 3 heterocycles. The van der Waals surface area contributed by atoms with Crippen molar-refractivity contribution in [3.05, 3.63) is 58.5 Å². The van der Waals surface area contributed by atoms with Crippen LogP contribution in [0.3, 0.4) is 0 Å². The zero-order valence-electron chi connectivity index (χ0n) is 14.2. The molecule has 1 amide bonds. The average Bonchev–Trinajstić information content (AvgIpc) is 3.38. The van der Waals surface area contributed by atoms with Crippen LogP contribution >= 0.6 is 0 Å². The molecule has 0 unspecified atom stereocenters. The largest absolute Gasteiger partial charge is 0.353 e. The Morgan fingerprint density at radius 2 is 2.00 bits per heavy atom. The number of hydrogen-bond donors (Lipinski definition) is 4. The third-order valence-corrected chi connectivity index (χ3v) is 4.22. The lowest BCUT2D eigenvalue weighted by atomic mass is 10.1. The first-order valence-electron chi connectivity index (χ1n) is 8.38. The lowest BCUT2D eigenvalue weighted by Crippen LogP contribution is -2.32. The first-order valence-corrected chi connectivity index (χ1v) is 8.38. The summed E-state index contributed by atoms with van der Waals surface area (Å²) >= 11 is 0. The van der Waals surface area contributed by atoms with Crippen molar-refractivity contribution < 1.29 is 4.79 Å². The van der Waals surface area contributed by atoms with E-state index in [0.717, 1.165) is 28.7 Å². The molecule has 3 aromatic heterocycles. The normalized spacial score (nSPS) is 11.1. The van der Waals surface area contributed by atoms with Crippen LogP contribution in [0.15, 0.2) is 47.4 Å². The van der Waals surface area contributed by atoms with E-state index in [1.807, 2.05) is 31.2 Å². The van der Waals surface area contributed by atoms with Gasteiger partial charge in [0.15, 0.2) is 0 Å². The van der Waals surface area contributed by atoms with Gasteiger partial charge in [-0.05, 0) is 36.8 Å². The highest BCUT2D eigenvalue weighted by Gasteiger charge is 2.19. The summed E-state index contributed by atoms with van der Waals surface area (Å²) in [5.41, 5.74) is 3.01. The summed E-state index contributed by atoms with van der Waals surface area (Å²) < 4.78 is 0. The minimum Gasteiger partial charge on any atom is -0.353 e. The molecule has 4 aromatic rings. The van der Waals surface area contributed by atoms with Crippen LogP contribution in [-0.4, -0.2) is 37.8 Å². The van der Waals surface area contributed by atoms with E-state index in [-0.39, 0.29) is 11.5 Å². The third-order valence-electron chi connectivity index (χ3n) is 4.22. The van der Waals surface area contributed by atoms with Crippen LogP contribution in [0.4, 0.5) is 5.82 Å². The summed E-state index contributed by atoms with van der Waals surface area (Å²) in [6, 6.07) is 10.8. The lowest BCUT2D eigenvalue weighted by molar-refractivity contribution is 0.0986. The molecule has 4 rings (SSSR count). The fourth-order valence-corrected chi connectivity index (χ4v) is 2.99. The molecule has 132 valence electrons. The van der Waals surface area contributed by atoms with Crippen molar-refractivity contribution in [2.24, 2.45) is 0 Å². The average molecular weight is 350 g/mol. The predicted molar refractivity (Wildman–Crippen MR) is 99.3 cm³/mol. The zero-order chi connectivity index (χ0) is 18.1. The Kier molecular flexibility index (Phi) is 3.92. The molecule has 4 N–H and O–H groups in total. The first-order chi connectivity index (χ1) is 12.7. The fourth-order valence-electron chi connectivity index (χ4n) is 2.99. The van der Waals surface area contributed by atoms with Crippen molar-refractivity contribution in [2.75, 3.05) is 11.4 Å². The number of amides is 1. The molecule has 1 aromatic carbocycles. The van der Waals surface area contributed by atoms with Gasteiger partial charge >= 0.3 is 0 Å². The number of benzene rings is 1. The number of rotatable bonds is 5. The molecule has 0 aliphatic heterocycles. The number of H-pyrrole nitrogens is 4. The van der Waals surface area contributed by atoms with E-state index < -0.39 is 0 Å². The Morgan fingerprint density at radius 1 is 1.12 bits per heavy atom. The maximum atomic E-state index is 13.0. The molecule has 0 radical (unpaired) electrons. The van der Waals surface area contributed by atoms with Crippen molar-refractivity contribution in [1.82, 2.24) is 25.4 Å². The van der Waals surface area contributed by atoms with Crippen LogP contribution < -0.4 is 10.5 Å². The van der Waals surface area contributed by atoms with Crippen LogP contribution in [0.5, 0.6) is 0 Å². The number of carbonyl (C=O) groups is 1. The molecule has 0 atom stereocenters. The highest BCUT2D eigenvalue weighted by atomic mass is 16.2. The van der Waals surface area contributed by atoms with Crippen molar-refractivity contribution in [3.63, 3.8) is 0 Å². The maximum absolute atomic E-state index is 13.0. The Bertz CT molecular complexity index is 1100. The fraction of sp³-hybridized carbons (Fsp3) is 0.167. The number of hydrogen-bond acceptors (Lipinski definition) is 3. The molecule has 8 heteroatoms. The summed E-state index contributed by atoms with van der Waals surface area (Å²) in [6.07, 6.45) is 2.46. The number of aromatic nitrogens is 5. The molecule has 26 heavy (non-hydrogen) atoms. The number of aromatic amines is 4. The standard InChI is InChI=1S/C18H18N6O2/c1-2-7-24(16-10-17(25)23-22-16)18(26)11-3-4-13-12(8-11)9-15(20-13)14-5-6-19-21-14/h3-6,8-10,20H,2,7H2,1H3,(H,19,21)(H2,22,23,25). The summed E-state index contributed by atoms with van der Waals surface area (Å²) in [4.78, 5) is 29.3. The molecule has 8 nitrogen and oxygen atoms in total. The van der Waals surface area contributed by atoms with E-state index in [2.05, 4.69) is 25.4 Å². The van der Waals surface area contributed by atoms with Gasteiger partial charge in [-0.25, -0.2) is 0 Å². The van der Waals surface area contributed by atoms with Gasteiger partial charge in [-0.1, -0.05) is 6.92 Å². The van der Waals surface area contributed by atoms with Gasteiger partial charge in [-0.2, -0.15) is 5.10 Å². The van der Waals surface area contributed by atoms with Crippen LogP contribution in [-0.2, 0) is 0 Å². The summed E-state index contributed by atoms with van der Waals surface area (Å²) in [5.74, 6) is 0.308. The molecular formula is C18H18N6O2. The number of nitrogens with one attached hydrogen (secondary N) is 4. The summed E-state index contributed by atoms with van der Waals surface area (Å²) in [5, 5.41) is 13.0. The molecule has 0 bridgehead atoms. The third kappa shape index (κ3) is 2.81. The van der Waals surface area contributed by atoms with Gasteiger partial charge in [0.2, 0.25) is 0 Å². The highest BCUT2D eigenvalue weighted by Crippen LogP contribution is 2.24. The van der Waals surface area contributed by atoms with Gasteiger partial charge in [-0.3, -0.25) is 29.8 Å². The van der Waals surface area contributed by atoms with E-state index in [0.29, 0.717) is 17.9 Å². The second-order valence-corrected chi connectivity index (χ2v) is 6.06. The Morgan fingerprint density at radius 3 is 2.69 bits per heavy atom. The molecule has 0 saturated carbocycles. The Labute approximate surface area is 148 Å². The minimum atomic E-state index is -0.265. The van der Waals surface area contributed by atoms with Crippen LogP contribution in [0.2, 0.25) is 0 Å². The van der Waals surface area contributed by atoms with Gasteiger partial charge in [0.1, 0.15) is 5.82 Å². The van der Waals surface area contributed by atoms with Gasteiger partial charge < -0.3 is 4.98 Å². The van der Waals surface area contributed by atoms with E-state index in [9.17, 15) is 9.59 Å². The Hall–Kier alpha value is -3.55. The van der Waals surface area contributed by atoms with E-state index in [1.165, 1.54) is 6.07 Å². The van der Waals surface area contributed by atoms with Crippen molar-refractivity contribution in [2.45, 2.75) is 13.3 Å².